The number of likely N-dealkylation sites (N-methyl/N-ethyl adjacent to an activating group) is 1. The molecule has 0 heterocycles. The maximum Gasteiger partial charge on any atom is 0.251 e. The summed E-state index contributed by atoms with van der Waals surface area (Å²) >= 11 is 0. The zero-order chi connectivity index (χ0) is 16.9. The highest BCUT2D eigenvalue weighted by Gasteiger charge is 2.23. The summed E-state index contributed by atoms with van der Waals surface area (Å²) in [4.78, 5) is 12.3. The summed E-state index contributed by atoms with van der Waals surface area (Å²) in [5.74, 6) is -0.273. The van der Waals surface area contributed by atoms with E-state index in [1.807, 2.05) is 14.0 Å². The van der Waals surface area contributed by atoms with Gasteiger partial charge in [-0.05, 0) is 45.0 Å². The lowest BCUT2D eigenvalue weighted by Crippen LogP contribution is -2.37. The second-order valence-corrected chi connectivity index (χ2v) is 7.74. The van der Waals surface area contributed by atoms with Gasteiger partial charge in [0.05, 0.1) is 4.90 Å². The van der Waals surface area contributed by atoms with Crippen LogP contribution in [0.4, 0.5) is 0 Å². The fourth-order valence-corrected chi connectivity index (χ4v) is 3.94. The third kappa shape index (κ3) is 5.02. The molecule has 1 aromatic rings. The topological polar surface area (TPSA) is 87.3 Å². The fourth-order valence-electron chi connectivity index (χ4n) is 2.59. The van der Waals surface area contributed by atoms with E-state index >= 15 is 0 Å². The van der Waals surface area contributed by atoms with E-state index in [0.717, 1.165) is 25.7 Å². The van der Waals surface area contributed by atoms with Crippen LogP contribution >= 0.6 is 0 Å². The van der Waals surface area contributed by atoms with Crippen LogP contribution in [-0.4, -0.2) is 40.0 Å². The van der Waals surface area contributed by atoms with Crippen molar-refractivity contribution in [2.45, 2.75) is 49.6 Å². The van der Waals surface area contributed by atoms with Crippen LogP contribution in [0.5, 0.6) is 0 Å². The van der Waals surface area contributed by atoms with E-state index in [2.05, 4.69) is 15.4 Å². The molecule has 128 valence electrons. The van der Waals surface area contributed by atoms with Crippen molar-refractivity contribution in [3.8, 4) is 0 Å². The van der Waals surface area contributed by atoms with Gasteiger partial charge in [-0.3, -0.25) is 4.79 Å². The molecule has 1 unspecified atom stereocenters. The predicted molar refractivity (Wildman–Crippen MR) is 89.9 cm³/mol. The zero-order valence-corrected chi connectivity index (χ0v) is 14.4. The molecule has 0 bridgehead atoms. The molecular weight excluding hydrogens is 314 g/mol. The minimum atomic E-state index is -3.58. The van der Waals surface area contributed by atoms with E-state index in [-0.39, 0.29) is 22.9 Å². The van der Waals surface area contributed by atoms with Crippen LogP contribution < -0.4 is 15.4 Å². The first-order chi connectivity index (χ1) is 10.9. The first kappa shape index (κ1) is 17.9. The first-order valence-corrected chi connectivity index (χ1v) is 9.48. The van der Waals surface area contributed by atoms with Gasteiger partial charge in [-0.2, -0.15) is 0 Å². The molecule has 0 saturated heterocycles. The molecule has 1 saturated carbocycles. The Hall–Kier alpha value is -1.44. The molecule has 1 atom stereocenters. The molecule has 1 aliphatic rings. The van der Waals surface area contributed by atoms with Crippen LogP contribution in [0.3, 0.4) is 0 Å². The van der Waals surface area contributed by atoms with Gasteiger partial charge in [0.1, 0.15) is 0 Å². The zero-order valence-electron chi connectivity index (χ0n) is 13.6. The highest BCUT2D eigenvalue weighted by Crippen LogP contribution is 2.20. The molecule has 3 N–H and O–H groups in total. The highest BCUT2D eigenvalue weighted by molar-refractivity contribution is 7.89. The van der Waals surface area contributed by atoms with Crippen LogP contribution in [0.15, 0.2) is 29.2 Å². The van der Waals surface area contributed by atoms with Crippen molar-refractivity contribution in [3.63, 3.8) is 0 Å². The Labute approximate surface area is 138 Å². The quantitative estimate of drug-likeness (QED) is 0.698. The number of carbonyl (C=O) groups is 1. The third-order valence-corrected chi connectivity index (χ3v) is 5.66. The van der Waals surface area contributed by atoms with Crippen molar-refractivity contribution in [1.29, 1.82) is 0 Å². The number of amides is 1. The van der Waals surface area contributed by atoms with Gasteiger partial charge in [0.15, 0.2) is 0 Å². The average Bonchev–Trinajstić information content (AvgIpc) is 3.04. The van der Waals surface area contributed by atoms with E-state index in [4.69, 9.17) is 0 Å². The summed E-state index contributed by atoms with van der Waals surface area (Å²) in [5.41, 5.74) is 0.350. The van der Waals surface area contributed by atoms with Gasteiger partial charge >= 0.3 is 0 Å². The summed E-state index contributed by atoms with van der Waals surface area (Å²) in [5, 5.41) is 5.81. The van der Waals surface area contributed by atoms with Crippen molar-refractivity contribution >= 4 is 15.9 Å². The molecule has 7 heteroatoms. The standard InChI is InChI=1S/C16H25N3O3S/c1-12(17-2)11-18-16(20)13-6-5-9-15(10-13)23(21,22)19-14-7-3-4-8-14/h5-6,9-10,12,14,17,19H,3-4,7-8,11H2,1-2H3,(H,18,20). The molecule has 1 aliphatic carbocycles. The lowest BCUT2D eigenvalue weighted by Gasteiger charge is -2.14. The molecule has 1 aromatic carbocycles. The molecule has 0 radical (unpaired) electrons. The maximum absolute atomic E-state index is 12.4. The summed E-state index contributed by atoms with van der Waals surface area (Å²) in [6.07, 6.45) is 3.86. The minimum Gasteiger partial charge on any atom is -0.350 e. The van der Waals surface area contributed by atoms with E-state index in [0.29, 0.717) is 12.1 Å². The molecule has 6 nitrogen and oxygen atoms in total. The maximum atomic E-state index is 12.4. The molecule has 1 fully saturated rings. The Kier molecular flexibility index (Phi) is 6.15. The van der Waals surface area contributed by atoms with Crippen LogP contribution in [0.25, 0.3) is 0 Å². The SMILES string of the molecule is CNC(C)CNC(=O)c1cccc(S(=O)(=O)NC2CCCC2)c1. The second-order valence-electron chi connectivity index (χ2n) is 6.03. The lowest BCUT2D eigenvalue weighted by molar-refractivity contribution is 0.0950. The van der Waals surface area contributed by atoms with E-state index in [9.17, 15) is 13.2 Å². The largest absolute Gasteiger partial charge is 0.350 e. The monoisotopic (exact) mass is 339 g/mol. The molecule has 0 spiro atoms. The summed E-state index contributed by atoms with van der Waals surface area (Å²) in [6, 6.07) is 6.32. The Bertz CT molecular complexity index is 640. The van der Waals surface area contributed by atoms with Crippen molar-refractivity contribution in [3.05, 3.63) is 29.8 Å². The Morgan fingerprint density at radius 3 is 2.65 bits per heavy atom. The van der Waals surface area contributed by atoms with Gasteiger partial charge in [0, 0.05) is 24.2 Å². The predicted octanol–water partition coefficient (Wildman–Crippen LogP) is 1.25. The van der Waals surface area contributed by atoms with Gasteiger partial charge in [0.2, 0.25) is 10.0 Å². The van der Waals surface area contributed by atoms with E-state index in [1.54, 1.807) is 12.1 Å². The smallest absolute Gasteiger partial charge is 0.251 e. The van der Waals surface area contributed by atoms with Gasteiger partial charge < -0.3 is 10.6 Å². The van der Waals surface area contributed by atoms with Crippen LogP contribution in [0.1, 0.15) is 43.0 Å². The Balaban J connectivity index is 2.07. The number of hydrogen-bond donors (Lipinski definition) is 3. The fraction of sp³-hybridized carbons (Fsp3) is 0.562. The molecular formula is C16H25N3O3S. The number of sulfonamides is 1. The minimum absolute atomic E-state index is 0.00830. The normalized spacial score (nSPS) is 17.1. The third-order valence-electron chi connectivity index (χ3n) is 4.15. The number of carbonyl (C=O) groups excluding carboxylic acids is 1. The van der Waals surface area contributed by atoms with Crippen LogP contribution in [0.2, 0.25) is 0 Å². The Morgan fingerprint density at radius 2 is 2.00 bits per heavy atom. The van der Waals surface area contributed by atoms with Crippen molar-refractivity contribution in [2.24, 2.45) is 0 Å². The molecule has 0 aromatic heterocycles. The first-order valence-electron chi connectivity index (χ1n) is 8.00. The van der Waals surface area contributed by atoms with Gasteiger partial charge in [-0.1, -0.05) is 18.9 Å². The van der Waals surface area contributed by atoms with Crippen LogP contribution in [0, 0.1) is 0 Å². The highest BCUT2D eigenvalue weighted by atomic mass is 32.2. The lowest BCUT2D eigenvalue weighted by atomic mass is 10.2. The van der Waals surface area contributed by atoms with Gasteiger partial charge in [-0.15, -0.1) is 0 Å². The van der Waals surface area contributed by atoms with Crippen molar-refractivity contribution in [2.75, 3.05) is 13.6 Å². The second kappa shape index (κ2) is 7.90. The van der Waals surface area contributed by atoms with Crippen molar-refractivity contribution < 1.29 is 13.2 Å². The molecule has 2 rings (SSSR count). The molecule has 1 amide bonds. The number of hydrogen-bond acceptors (Lipinski definition) is 4. The average molecular weight is 339 g/mol. The Morgan fingerprint density at radius 1 is 1.30 bits per heavy atom. The molecule has 0 aliphatic heterocycles. The molecule has 23 heavy (non-hydrogen) atoms. The van der Waals surface area contributed by atoms with E-state index in [1.165, 1.54) is 12.1 Å². The summed E-state index contributed by atoms with van der Waals surface area (Å²) in [7, 11) is -1.76. The van der Waals surface area contributed by atoms with Gasteiger partial charge in [-0.25, -0.2) is 13.1 Å². The number of benzene rings is 1. The van der Waals surface area contributed by atoms with Gasteiger partial charge in [0.25, 0.3) is 5.91 Å². The van der Waals surface area contributed by atoms with E-state index < -0.39 is 10.0 Å². The van der Waals surface area contributed by atoms with Crippen molar-refractivity contribution in [1.82, 2.24) is 15.4 Å². The summed E-state index contributed by atoms with van der Waals surface area (Å²) in [6.45, 7) is 2.43. The summed E-state index contributed by atoms with van der Waals surface area (Å²) < 4.78 is 27.6. The number of rotatable bonds is 7. The number of nitrogens with one attached hydrogen (secondary N) is 3. The van der Waals surface area contributed by atoms with Crippen LogP contribution in [-0.2, 0) is 10.0 Å².